The molecule has 1 aliphatic carbocycles. The largest absolute Gasteiger partial charge is 0.497 e. The van der Waals surface area contributed by atoms with Crippen LogP contribution in [0, 0.1) is 11.5 Å². The van der Waals surface area contributed by atoms with E-state index in [1.807, 2.05) is 72.8 Å². The van der Waals surface area contributed by atoms with Gasteiger partial charge in [-0.05, 0) is 35.2 Å². The predicted octanol–water partition coefficient (Wildman–Crippen LogP) is 9.07. The number of hydrogen-bond donors (Lipinski definition) is 0. The van der Waals surface area contributed by atoms with Gasteiger partial charge in [0, 0.05) is 42.4 Å². The summed E-state index contributed by atoms with van der Waals surface area (Å²) in [6.45, 7) is 11.0. The summed E-state index contributed by atoms with van der Waals surface area (Å²) in [6.07, 6.45) is 14.3. The van der Waals surface area contributed by atoms with Crippen molar-refractivity contribution in [2.24, 2.45) is 5.41 Å². The Morgan fingerprint density at radius 1 is 0.842 bits per heavy atom. The fraction of sp³-hybridized carbons (Fsp3) is 0.235. The summed E-state index contributed by atoms with van der Waals surface area (Å²) in [6, 6.07) is 28.3. The Labute approximate surface area is 247 Å². The molecule has 0 saturated carbocycles. The quantitative estimate of drug-likeness (QED) is 0.131. The Morgan fingerprint density at radius 3 is 1.87 bits per heavy atom. The van der Waals surface area contributed by atoms with Gasteiger partial charge in [-0.3, -0.25) is 6.08 Å². The minimum atomic E-state index is -0.108. The molecule has 4 heteroatoms. The first-order chi connectivity index (χ1) is 17.9. The van der Waals surface area contributed by atoms with Crippen LogP contribution >= 0.6 is 0 Å². The van der Waals surface area contributed by atoms with Gasteiger partial charge in [-0.1, -0.05) is 107 Å². The van der Waals surface area contributed by atoms with Gasteiger partial charge in [-0.25, -0.2) is 12.2 Å². The number of para-hydroxylation sites is 1. The van der Waals surface area contributed by atoms with E-state index in [1.54, 1.807) is 7.11 Å². The smallest absolute Gasteiger partial charge is 0.138 e. The van der Waals surface area contributed by atoms with E-state index in [0.717, 1.165) is 49.9 Å². The van der Waals surface area contributed by atoms with Gasteiger partial charge in [-0.15, -0.1) is 6.42 Å². The van der Waals surface area contributed by atoms with Crippen LogP contribution in [0.4, 0.5) is 0 Å². The van der Waals surface area contributed by atoms with Gasteiger partial charge in [0.1, 0.15) is 17.3 Å². The molecule has 0 amide bonds. The standard InChI is InChI=1S/C27H28O2.C5H5.C2H7Si.Ti/c1-27(2,3)25(20-17-21-15-18-23(28-4)19-16-21)26(22-11-7-5-8-12-22)29-24-13-9-6-10-14-24;1-2-4-5-3-1;1-3-2;/h5-20H,1-4H3;1-3H,4H2;3H,1-2H3;/q;-1;;. The number of ether oxygens (including phenoxy) is 2. The third-order valence-corrected chi connectivity index (χ3v) is 5.20. The van der Waals surface area contributed by atoms with Gasteiger partial charge in [0.2, 0.25) is 0 Å². The third-order valence-electron chi connectivity index (χ3n) is 5.20. The van der Waals surface area contributed by atoms with E-state index in [4.69, 9.17) is 9.47 Å². The maximum atomic E-state index is 6.42. The number of rotatable bonds is 6. The van der Waals surface area contributed by atoms with Crippen molar-refractivity contribution < 1.29 is 31.2 Å². The van der Waals surface area contributed by atoms with Crippen LogP contribution < -0.4 is 9.47 Å². The zero-order chi connectivity index (χ0) is 26.9. The molecule has 0 bridgehead atoms. The van der Waals surface area contributed by atoms with Crippen LogP contribution in [-0.2, 0) is 21.7 Å². The minimum absolute atomic E-state index is 0. The molecule has 0 fully saturated rings. The summed E-state index contributed by atoms with van der Waals surface area (Å²) in [7, 11) is 2.43. The Kier molecular flexibility index (Phi) is 16.1. The average molecular weight is 557 g/mol. The van der Waals surface area contributed by atoms with Crippen molar-refractivity contribution in [3.63, 3.8) is 0 Å². The molecule has 38 heavy (non-hydrogen) atoms. The van der Waals surface area contributed by atoms with Crippen molar-refractivity contribution in [2.75, 3.05) is 7.11 Å². The topological polar surface area (TPSA) is 18.5 Å². The molecule has 0 N–H and O–H groups in total. The third kappa shape index (κ3) is 12.1. The molecule has 1 radical (unpaired) electrons. The van der Waals surface area contributed by atoms with E-state index >= 15 is 0 Å². The van der Waals surface area contributed by atoms with E-state index < -0.39 is 0 Å². The second-order valence-electron chi connectivity index (χ2n) is 9.46. The van der Waals surface area contributed by atoms with Crippen LogP contribution in [0.1, 0.15) is 38.3 Å². The molecule has 0 unspecified atom stereocenters. The first-order valence-electron chi connectivity index (χ1n) is 12.7. The number of benzene rings is 3. The van der Waals surface area contributed by atoms with Gasteiger partial charge in [-0.2, -0.15) is 6.08 Å². The van der Waals surface area contributed by atoms with E-state index in [0.29, 0.717) is 0 Å². The molecule has 0 aromatic heterocycles. The van der Waals surface area contributed by atoms with Crippen LogP contribution in [0.15, 0.2) is 115 Å². The second kappa shape index (κ2) is 18.4. The molecule has 4 rings (SSSR count). The van der Waals surface area contributed by atoms with Crippen molar-refractivity contribution in [2.45, 2.75) is 40.3 Å². The Bertz CT molecular complexity index is 1150. The molecular formula is C34H40O2SiTi-. The zero-order valence-corrected chi connectivity index (χ0v) is 26.3. The van der Waals surface area contributed by atoms with Gasteiger partial charge in [0.25, 0.3) is 0 Å². The molecule has 1 aliphatic rings. The molecule has 3 aromatic carbocycles. The summed E-state index contributed by atoms with van der Waals surface area (Å²) >= 11 is 0. The van der Waals surface area contributed by atoms with Crippen molar-refractivity contribution in [3.8, 4) is 11.5 Å². The maximum absolute atomic E-state index is 6.42. The molecule has 0 aliphatic heterocycles. The number of methoxy groups -OCH3 is 1. The summed E-state index contributed by atoms with van der Waals surface area (Å²) in [5.74, 6) is 2.55. The normalized spacial score (nSPS) is 12.4. The van der Waals surface area contributed by atoms with Crippen molar-refractivity contribution >= 4 is 21.4 Å². The van der Waals surface area contributed by atoms with Crippen LogP contribution in [0.2, 0.25) is 13.1 Å². The zero-order valence-electron chi connectivity index (χ0n) is 23.6. The first-order valence-corrected chi connectivity index (χ1v) is 15.0. The van der Waals surface area contributed by atoms with E-state index in [1.165, 1.54) is 0 Å². The van der Waals surface area contributed by atoms with E-state index in [9.17, 15) is 0 Å². The summed E-state index contributed by atoms with van der Waals surface area (Å²) in [5.41, 5.74) is 3.19. The van der Waals surface area contributed by atoms with Crippen molar-refractivity contribution in [1.29, 1.82) is 0 Å². The molecule has 0 heterocycles. The molecule has 3 aromatic rings. The predicted molar refractivity (Wildman–Crippen MR) is 162 cm³/mol. The molecule has 0 saturated heterocycles. The van der Waals surface area contributed by atoms with Crippen molar-refractivity contribution in [1.82, 2.24) is 0 Å². The molecule has 0 atom stereocenters. The fourth-order valence-corrected chi connectivity index (χ4v) is 3.37. The average Bonchev–Trinajstić information content (AvgIpc) is 3.50. The Morgan fingerprint density at radius 2 is 1.42 bits per heavy atom. The van der Waals surface area contributed by atoms with Crippen LogP contribution in [0.3, 0.4) is 0 Å². The van der Waals surface area contributed by atoms with E-state index in [2.05, 4.69) is 82.4 Å². The maximum Gasteiger partial charge on any atom is 0.138 e. The van der Waals surface area contributed by atoms with Gasteiger partial charge in [0.15, 0.2) is 0 Å². The Balaban J connectivity index is 0.000000694. The summed E-state index contributed by atoms with van der Waals surface area (Å²) < 4.78 is 11.7. The Hall–Kier alpha value is -2.85. The monoisotopic (exact) mass is 556 g/mol. The van der Waals surface area contributed by atoms with Gasteiger partial charge in [0.05, 0.1) is 7.11 Å². The number of allylic oxidation sites excluding steroid dienone is 6. The van der Waals surface area contributed by atoms with Crippen LogP contribution in [0.5, 0.6) is 11.5 Å². The SMILES string of the molecule is COc1ccc(C=CC(=C(Oc2ccccc2)c2ccccc2)C(C)(C)C)cc1.C[SiH]C.[C-]1=CC=CC1.[Ti]. The minimum Gasteiger partial charge on any atom is -0.497 e. The summed E-state index contributed by atoms with van der Waals surface area (Å²) in [5, 5.41) is 0. The molecule has 0 spiro atoms. The van der Waals surface area contributed by atoms with Gasteiger partial charge >= 0.3 is 0 Å². The van der Waals surface area contributed by atoms with Gasteiger partial charge < -0.3 is 9.47 Å². The van der Waals surface area contributed by atoms with E-state index in [-0.39, 0.29) is 27.1 Å². The molecule has 2 nitrogen and oxygen atoms in total. The second-order valence-corrected chi connectivity index (χ2v) is 10.6. The summed E-state index contributed by atoms with van der Waals surface area (Å²) in [4.78, 5) is 0. The first kappa shape index (κ1) is 33.2. The molecule has 197 valence electrons. The van der Waals surface area contributed by atoms with Crippen molar-refractivity contribution in [3.05, 3.63) is 132 Å². The fourth-order valence-electron chi connectivity index (χ4n) is 3.37. The molecular weight excluding hydrogens is 516 g/mol. The van der Waals surface area contributed by atoms with Crippen LogP contribution in [-0.4, -0.2) is 16.6 Å². The number of hydrogen-bond acceptors (Lipinski definition) is 2. The van der Waals surface area contributed by atoms with Crippen LogP contribution in [0.25, 0.3) is 11.8 Å².